The zero-order valence-corrected chi connectivity index (χ0v) is 12.5. The largest absolute Gasteiger partial charge is 0.340 e. The predicted molar refractivity (Wildman–Crippen MR) is 74.5 cm³/mol. The normalized spacial score (nSPS) is 12.2. The van der Waals surface area contributed by atoms with Gasteiger partial charge < -0.3 is 15.2 Å². The average Bonchev–Trinajstić information content (AvgIpc) is 3.02. The first-order chi connectivity index (χ1) is 9.54. The van der Waals surface area contributed by atoms with Crippen LogP contribution in [0.3, 0.4) is 0 Å². The van der Waals surface area contributed by atoms with Gasteiger partial charge in [0, 0.05) is 30.5 Å². The minimum Gasteiger partial charge on any atom is -0.340 e. The average molecular weight is 295 g/mol. The highest BCUT2D eigenvalue weighted by Gasteiger charge is 2.11. The summed E-state index contributed by atoms with van der Waals surface area (Å²) in [5, 5.41) is 12.2. The zero-order valence-electron chi connectivity index (χ0n) is 11.6. The third kappa shape index (κ3) is 4.02. The number of nitrogens with zero attached hydrogens (tertiary/aromatic N) is 3. The van der Waals surface area contributed by atoms with Crippen LogP contribution in [0.5, 0.6) is 0 Å². The number of aromatic nitrogens is 3. The number of urea groups is 1. The lowest BCUT2D eigenvalue weighted by atomic mass is 10.2. The van der Waals surface area contributed by atoms with E-state index in [1.807, 2.05) is 19.2 Å². The van der Waals surface area contributed by atoms with E-state index >= 15 is 0 Å². The Morgan fingerprint density at radius 1 is 1.40 bits per heavy atom. The number of hydrogen-bond donors (Lipinski definition) is 2. The van der Waals surface area contributed by atoms with Crippen LogP contribution in [-0.2, 0) is 6.54 Å². The Hall–Kier alpha value is -1.96. The molecular formula is C12H17N5O2S. The standard InChI is InChI=1S/C12H17N5O2S/c1-7(11-15-8(2)6-20-11)4-13-12(18)14-5-10-16-9(3)19-17-10/h6-7H,4-5H2,1-3H3,(H2,13,14,18)/t7-/m1/s1. The summed E-state index contributed by atoms with van der Waals surface area (Å²) >= 11 is 1.61. The Balaban J connectivity index is 1.72. The lowest BCUT2D eigenvalue weighted by molar-refractivity contribution is 0.239. The van der Waals surface area contributed by atoms with E-state index in [0.29, 0.717) is 18.3 Å². The lowest BCUT2D eigenvalue weighted by Crippen LogP contribution is -2.37. The second kappa shape index (κ2) is 6.47. The van der Waals surface area contributed by atoms with Crippen molar-refractivity contribution in [3.8, 4) is 0 Å². The maximum Gasteiger partial charge on any atom is 0.315 e. The highest BCUT2D eigenvalue weighted by molar-refractivity contribution is 7.09. The second-order valence-electron chi connectivity index (χ2n) is 4.52. The van der Waals surface area contributed by atoms with Gasteiger partial charge in [-0.2, -0.15) is 4.98 Å². The van der Waals surface area contributed by atoms with E-state index in [9.17, 15) is 4.79 Å². The molecule has 0 unspecified atom stereocenters. The Labute approximate surface area is 120 Å². The molecule has 2 N–H and O–H groups in total. The van der Waals surface area contributed by atoms with E-state index in [4.69, 9.17) is 4.52 Å². The predicted octanol–water partition coefficient (Wildman–Crippen LogP) is 1.75. The van der Waals surface area contributed by atoms with E-state index in [-0.39, 0.29) is 18.5 Å². The van der Waals surface area contributed by atoms with Crippen molar-refractivity contribution in [1.29, 1.82) is 0 Å². The Kier molecular flexibility index (Phi) is 4.67. The van der Waals surface area contributed by atoms with E-state index in [1.165, 1.54) is 0 Å². The van der Waals surface area contributed by atoms with Crippen LogP contribution in [0, 0.1) is 13.8 Å². The first kappa shape index (κ1) is 14.4. The maximum absolute atomic E-state index is 11.6. The molecule has 2 rings (SSSR count). The Morgan fingerprint density at radius 3 is 2.80 bits per heavy atom. The first-order valence-electron chi connectivity index (χ1n) is 6.27. The fourth-order valence-electron chi connectivity index (χ4n) is 1.57. The van der Waals surface area contributed by atoms with Crippen LogP contribution in [-0.4, -0.2) is 27.7 Å². The van der Waals surface area contributed by atoms with Crippen molar-refractivity contribution < 1.29 is 9.32 Å². The number of aryl methyl sites for hydroxylation is 2. The summed E-state index contributed by atoms with van der Waals surface area (Å²) in [7, 11) is 0. The third-order valence-electron chi connectivity index (χ3n) is 2.60. The maximum atomic E-state index is 11.6. The van der Waals surface area contributed by atoms with Crippen LogP contribution >= 0.6 is 11.3 Å². The van der Waals surface area contributed by atoms with E-state index < -0.39 is 0 Å². The van der Waals surface area contributed by atoms with Crippen LogP contribution in [0.25, 0.3) is 0 Å². The van der Waals surface area contributed by atoms with Crippen LogP contribution in [0.4, 0.5) is 4.79 Å². The quantitative estimate of drug-likeness (QED) is 0.876. The van der Waals surface area contributed by atoms with Crippen molar-refractivity contribution in [1.82, 2.24) is 25.8 Å². The van der Waals surface area contributed by atoms with Gasteiger partial charge in [-0.3, -0.25) is 0 Å². The monoisotopic (exact) mass is 295 g/mol. The molecule has 2 amide bonds. The number of amides is 2. The molecule has 0 aliphatic heterocycles. The molecule has 7 nitrogen and oxygen atoms in total. The van der Waals surface area contributed by atoms with Gasteiger partial charge >= 0.3 is 6.03 Å². The third-order valence-corrected chi connectivity index (χ3v) is 3.80. The molecule has 1 atom stereocenters. The van der Waals surface area contributed by atoms with E-state index in [0.717, 1.165) is 10.7 Å². The van der Waals surface area contributed by atoms with Crippen molar-refractivity contribution in [2.24, 2.45) is 0 Å². The van der Waals surface area contributed by atoms with Crippen molar-refractivity contribution in [2.75, 3.05) is 6.54 Å². The molecule has 0 radical (unpaired) electrons. The van der Waals surface area contributed by atoms with Gasteiger partial charge in [0.2, 0.25) is 5.89 Å². The molecule has 0 saturated heterocycles. The van der Waals surface area contributed by atoms with Gasteiger partial charge in [-0.1, -0.05) is 12.1 Å². The van der Waals surface area contributed by atoms with E-state index in [2.05, 4.69) is 25.8 Å². The smallest absolute Gasteiger partial charge is 0.315 e. The summed E-state index contributed by atoms with van der Waals surface area (Å²) in [4.78, 5) is 20.0. The van der Waals surface area contributed by atoms with Gasteiger partial charge in [0.25, 0.3) is 0 Å². The van der Waals surface area contributed by atoms with Gasteiger partial charge in [-0.25, -0.2) is 9.78 Å². The zero-order chi connectivity index (χ0) is 14.5. The molecule has 0 aliphatic rings. The fourth-order valence-corrected chi connectivity index (χ4v) is 2.42. The molecule has 2 aromatic rings. The van der Waals surface area contributed by atoms with Crippen LogP contribution in [0.15, 0.2) is 9.90 Å². The van der Waals surface area contributed by atoms with Gasteiger partial charge in [0.1, 0.15) is 0 Å². The molecule has 108 valence electrons. The lowest BCUT2D eigenvalue weighted by Gasteiger charge is -2.10. The molecule has 0 fully saturated rings. The SMILES string of the molecule is Cc1csc([C@H](C)CNC(=O)NCc2noc(C)n2)n1. The highest BCUT2D eigenvalue weighted by Crippen LogP contribution is 2.18. The summed E-state index contributed by atoms with van der Waals surface area (Å²) in [6, 6.07) is -0.257. The Morgan fingerprint density at radius 2 is 2.20 bits per heavy atom. The molecule has 20 heavy (non-hydrogen) atoms. The molecule has 0 bridgehead atoms. The number of carbonyl (C=O) groups excluding carboxylic acids is 1. The van der Waals surface area contributed by atoms with E-state index in [1.54, 1.807) is 18.3 Å². The van der Waals surface area contributed by atoms with Crippen molar-refractivity contribution in [3.05, 3.63) is 27.8 Å². The van der Waals surface area contributed by atoms with Gasteiger partial charge in [0.15, 0.2) is 5.82 Å². The minimum atomic E-state index is -0.257. The van der Waals surface area contributed by atoms with Crippen molar-refractivity contribution >= 4 is 17.4 Å². The highest BCUT2D eigenvalue weighted by atomic mass is 32.1. The first-order valence-corrected chi connectivity index (χ1v) is 7.15. The van der Waals surface area contributed by atoms with Crippen LogP contribution in [0.1, 0.15) is 35.3 Å². The van der Waals surface area contributed by atoms with Gasteiger partial charge in [-0.15, -0.1) is 11.3 Å². The molecule has 8 heteroatoms. The van der Waals surface area contributed by atoms with Crippen molar-refractivity contribution in [2.45, 2.75) is 33.2 Å². The molecular weight excluding hydrogens is 278 g/mol. The Bertz CT molecular complexity index is 580. The fraction of sp³-hybridized carbons (Fsp3) is 0.500. The summed E-state index contributed by atoms with van der Waals surface area (Å²) in [5.41, 5.74) is 1.01. The molecule has 2 heterocycles. The summed E-state index contributed by atoms with van der Waals surface area (Å²) in [6.07, 6.45) is 0. The van der Waals surface area contributed by atoms with Crippen LogP contribution in [0.2, 0.25) is 0 Å². The topological polar surface area (TPSA) is 92.9 Å². The number of thiazole rings is 1. The number of carbonyl (C=O) groups is 1. The number of hydrogen-bond acceptors (Lipinski definition) is 6. The number of rotatable bonds is 5. The van der Waals surface area contributed by atoms with Crippen molar-refractivity contribution in [3.63, 3.8) is 0 Å². The number of nitrogens with one attached hydrogen (secondary N) is 2. The molecule has 0 aromatic carbocycles. The second-order valence-corrected chi connectivity index (χ2v) is 5.41. The molecule has 0 aliphatic carbocycles. The summed E-state index contributed by atoms with van der Waals surface area (Å²) < 4.78 is 4.82. The van der Waals surface area contributed by atoms with Crippen LogP contribution < -0.4 is 10.6 Å². The minimum absolute atomic E-state index is 0.187. The molecule has 2 aromatic heterocycles. The van der Waals surface area contributed by atoms with Gasteiger partial charge in [0.05, 0.1) is 11.6 Å². The summed E-state index contributed by atoms with van der Waals surface area (Å²) in [5.74, 6) is 1.13. The molecule has 0 saturated carbocycles. The summed E-state index contributed by atoms with van der Waals surface area (Å²) in [6.45, 7) is 6.47. The van der Waals surface area contributed by atoms with Gasteiger partial charge in [-0.05, 0) is 6.92 Å². The molecule has 0 spiro atoms.